The zero-order valence-electron chi connectivity index (χ0n) is 8.60. The maximum Gasteiger partial charge on any atom is 0.0190 e. The Bertz CT molecular complexity index is 83.9. The minimum Gasteiger partial charge on any atom is -0.329 e. The molecule has 0 heterocycles. The summed E-state index contributed by atoms with van der Waals surface area (Å²) in [5.74, 6) is 0. The lowest BCUT2D eigenvalue weighted by atomic mass is 10.1. The third-order valence-corrected chi connectivity index (χ3v) is 2.15. The van der Waals surface area contributed by atoms with Gasteiger partial charge in [-0.25, -0.2) is 0 Å². The van der Waals surface area contributed by atoms with Crippen LogP contribution in [0.5, 0.6) is 0 Å². The minimum atomic E-state index is 0.552. The molecule has 0 saturated heterocycles. The smallest absolute Gasteiger partial charge is 0.0190 e. The molecule has 1 atom stereocenters. The first-order valence-electron chi connectivity index (χ1n) is 5.28. The number of unbranched alkanes of at least 4 members (excludes halogenated alkanes) is 2. The lowest BCUT2D eigenvalue weighted by molar-refractivity contribution is 0.465. The van der Waals surface area contributed by atoms with Crippen molar-refractivity contribution in [3.63, 3.8) is 0 Å². The van der Waals surface area contributed by atoms with E-state index in [0.717, 1.165) is 13.1 Å². The molecule has 0 rings (SSSR count). The molecule has 2 heteroatoms. The second-order valence-electron chi connectivity index (χ2n) is 3.38. The van der Waals surface area contributed by atoms with Crippen molar-refractivity contribution in [3.8, 4) is 0 Å². The van der Waals surface area contributed by atoms with E-state index < -0.39 is 0 Å². The first kappa shape index (κ1) is 11.9. The van der Waals surface area contributed by atoms with Gasteiger partial charge in [0, 0.05) is 12.6 Å². The largest absolute Gasteiger partial charge is 0.329 e. The molecule has 0 spiro atoms. The lowest BCUT2D eigenvalue weighted by Gasteiger charge is -2.15. The van der Waals surface area contributed by atoms with Gasteiger partial charge < -0.3 is 11.1 Å². The molecular formula is C10H24N2. The predicted molar refractivity (Wildman–Crippen MR) is 55.3 cm³/mol. The molecule has 0 aliphatic heterocycles. The van der Waals surface area contributed by atoms with Crippen molar-refractivity contribution in [2.24, 2.45) is 5.73 Å². The van der Waals surface area contributed by atoms with Crippen molar-refractivity contribution < 1.29 is 0 Å². The van der Waals surface area contributed by atoms with Crippen molar-refractivity contribution in [2.45, 2.75) is 52.0 Å². The summed E-state index contributed by atoms with van der Waals surface area (Å²) in [6.07, 6.45) is 6.32. The Balaban J connectivity index is 3.26. The molecule has 0 amide bonds. The predicted octanol–water partition coefficient (Wildman–Crippen LogP) is 1.89. The van der Waals surface area contributed by atoms with E-state index >= 15 is 0 Å². The number of hydrogen-bond donors (Lipinski definition) is 2. The number of nitrogens with two attached hydrogens (primary N) is 1. The molecule has 0 saturated carbocycles. The molecule has 12 heavy (non-hydrogen) atoms. The van der Waals surface area contributed by atoms with Gasteiger partial charge >= 0.3 is 0 Å². The second-order valence-corrected chi connectivity index (χ2v) is 3.38. The van der Waals surface area contributed by atoms with Crippen LogP contribution in [-0.4, -0.2) is 19.1 Å². The number of rotatable bonds is 8. The Kier molecular flexibility index (Phi) is 8.95. The molecule has 0 aliphatic rings. The summed E-state index contributed by atoms with van der Waals surface area (Å²) >= 11 is 0. The summed E-state index contributed by atoms with van der Waals surface area (Å²) < 4.78 is 0. The maximum atomic E-state index is 5.63. The van der Waals surface area contributed by atoms with Crippen LogP contribution in [0.15, 0.2) is 0 Å². The third kappa shape index (κ3) is 6.62. The van der Waals surface area contributed by atoms with Gasteiger partial charge in [-0.3, -0.25) is 0 Å². The third-order valence-electron chi connectivity index (χ3n) is 2.15. The molecule has 74 valence electrons. The summed E-state index contributed by atoms with van der Waals surface area (Å²) in [6.45, 7) is 6.34. The SMILES string of the molecule is CCCCNC(CN)CCCC. The van der Waals surface area contributed by atoms with Crippen molar-refractivity contribution in [2.75, 3.05) is 13.1 Å². The summed E-state index contributed by atoms with van der Waals surface area (Å²) in [4.78, 5) is 0. The topological polar surface area (TPSA) is 38.0 Å². The van der Waals surface area contributed by atoms with Gasteiger partial charge in [0.05, 0.1) is 0 Å². The molecular weight excluding hydrogens is 148 g/mol. The van der Waals surface area contributed by atoms with Crippen LogP contribution in [0.1, 0.15) is 46.0 Å². The Morgan fingerprint density at radius 3 is 2.33 bits per heavy atom. The van der Waals surface area contributed by atoms with Crippen LogP contribution in [0.3, 0.4) is 0 Å². The Morgan fingerprint density at radius 2 is 1.83 bits per heavy atom. The van der Waals surface area contributed by atoms with Crippen LogP contribution in [0.2, 0.25) is 0 Å². The molecule has 0 bridgehead atoms. The van der Waals surface area contributed by atoms with Crippen LogP contribution in [-0.2, 0) is 0 Å². The van der Waals surface area contributed by atoms with Gasteiger partial charge in [0.2, 0.25) is 0 Å². The highest BCUT2D eigenvalue weighted by Gasteiger charge is 2.02. The van der Waals surface area contributed by atoms with E-state index in [4.69, 9.17) is 5.73 Å². The van der Waals surface area contributed by atoms with Gasteiger partial charge in [0.15, 0.2) is 0 Å². The fraction of sp³-hybridized carbons (Fsp3) is 1.00. The van der Waals surface area contributed by atoms with Gasteiger partial charge in [-0.1, -0.05) is 33.1 Å². The number of nitrogens with one attached hydrogen (secondary N) is 1. The van der Waals surface area contributed by atoms with E-state index in [1.165, 1.54) is 32.1 Å². The first-order valence-corrected chi connectivity index (χ1v) is 5.28. The van der Waals surface area contributed by atoms with Gasteiger partial charge in [-0.05, 0) is 19.4 Å². The fourth-order valence-electron chi connectivity index (χ4n) is 1.24. The Hall–Kier alpha value is -0.0800. The van der Waals surface area contributed by atoms with Gasteiger partial charge in [0.25, 0.3) is 0 Å². The van der Waals surface area contributed by atoms with Crippen LogP contribution < -0.4 is 11.1 Å². The highest BCUT2D eigenvalue weighted by Crippen LogP contribution is 1.99. The van der Waals surface area contributed by atoms with E-state index in [-0.39, 0.29) is 0 Å². The molecule has 0 aromatic heterocycles. The second kappa shape index (κ2) is 9.01. The van der Waals surface area contributed by atoms with Crippen LogP contribution >= 0.6 is 0 Å². The molecule has 0 radical (unpaired) electrons. The molecule has 1 unspecified atom stereocenters. The Labute approximate surface area is 76.9 Å². The van der Waals surface area contributed by atoms with Crippen molar-refractivity contribution in [3.05, 3.63) is 0 Å². The van der Waals surface area contributed by atoms with Crippen molar-refractivity contribution in [1.82, 2.24) is 5.32 Å². The van der Waals surface area contributed by atoms with E-state index in [2.05, 4.69) is 19.2 Å². The lowest BCUT2D eigenvalue weighted by Crippen LogP contribution is -2.36. The van der Waals surface area contributed by atoms with E-state index in [0.29, 0.717) is 6.04 Å². The summed E-state index contributed by atoms with van der Waals surface area (Å²) in [6, 6.07) is 0.552. The van der Waals surface area contributed by atoms with Crippen molar-refractivity contribution in [1.29, 1.82) is 0 Å². The number of hydrogen-bond acceptors (Lipinski definition) is 2. The van der Waals surface area contributed by atoms with Crippen LogP contribution in [0, 0.1) is 0 Å². The molecule has 0 aliphatic carbocycles. The molecule has 0 aromatic rings. The molecule has 0 fully saturated rings. The van der Waals surface area contributed by atoms with E-state index in [9.17, 15) is 0 Å². The minimum absolute atomic E-state index is 0.552. The normalized spacial score (nSPS) is 13.2. The molecule has 0 aromatic carbocycles. The standard InChI is InChI=1S/C10H24N2/c1-3-5-7-10(9-11)12-8-6-4-2/h10,12H,3-9,11H2,1-2H3. The first-order chi connectivity index (χ1) is 5.85. The average Bonchev–Trinajstić information content (AvgIpc) is 2.11. The van der Waals surface area contributed by atoms with Crippen LogP contribution in [0.4, 0.5) is 0 Å². The van der Waals surface area contributed by atoms with Crippen LogP contribution in [0.25, 0.3) is 0 Å². The highest BCUT2D eigenvalue weighted by atomic mass is 14.9. The van der Waals surface area contributed by atoms with Gasteiger partial charge in [0.1, 0.15) is 0 Å². The van der Waals surface area contributed by atoms with Crippen molar-refractivity contribution >= 4 is 0 Å². The van der Waals surface area contributed by atoms with Gasteiger partial charge in [-0.15, -0.1) is 0 Å². The summed E-state index contributed by atoms with van der Waals surface area (Å²) in [5.41, 5.74) is 5.63. The fourth-order valence-corrected chi connectivity index (χ4v) is 1.24. The highest BCUT2D eigenvalue weighted by molar-refractivity contribution is 4.66. The monoisotopic (exact) mass is 172 g/mol. The molecule has 3 N–H and O–H groups in total. The summed E-state index contributed by atoms with van der Waals surface area (Å²) in [7, 11) is 0. The summed E-state index contributed by atoms with van der Waals surface area (Å²) in [5, 5.41) is 3.48. The maximum absolute atomic E-state index is 5.63. The Morgan fingerprint density at radius 1 is 1.17 bits per heavy atom. The quantitative estimate of drug-likeness (QED) is 0.549. The van der Waals surface area contributed by atoms with E-state index in [1.807, 2.05) is 0 Å². The molecule has 2 nitrogen and oxygen atoms in total. The van der Waals surface area contributed by atoms with E-state index in [1.54, 1.807) is 0 Å². The average molecular weight is 172 g/mol. The van der Waals surface area contributed by atoms with Gasteiger partial charge in [-0.2, -0.15) is 0 Å². The zero-order chi connectivity index (χ0) is 9.23. The zero-order valence-corrected chi connectivity index (χ0v) is 8.60.